The van der Waals surface area contributed by atoms with Crippen LogP contribution < -0.4 is 5.32 Å². The molecule has 1 fully saturated rings. The van der Waals surface area contributed by atoms with Crippen LogP contribution in [0.3, 0.4) is 0 Å². The summed E-state index contributed by atoms with van der Waals surface area (Å²) in [4.78, 5) is 11.7. The van der Waals surface area contributed by atoms with Crippen LogP contribution in [0.2, 0.25) is 0 Å². The van der Waals surface area contributed by atoms with Gasteiger partial charge in [-0.25, -0.2) is 0 Å². The fourth-order valence-corrected chi connectivity index (χ4v) is 1.83. The molecule has 1 saturated carbocycles. The summed E-state index contributed by atoms with van der Waals surface area (Å²) < 4.78 is 0. The number of nitriles is 1. The van der Waals surface area contributed by atoms with E-state index in [9.17, 15) is 4.79 Å². The molecule has 0 saturated heterocycles. The molecule has 1 aliphatic rings. The molecule has 1 aliphatic carbocycles. The van der Waals surface area contributed by atoms with Crippen molar-refractivity contribution < 1.29 is 4.79 Å². The Bertz CT molecular complexity index is 259. The maximum Gasteiger partial charge on any atom is 0.240 e. The third kappa shape index (κ3) is 2.14. The zero-order valence-electron chi connectivity index (χ0n) is 8.38. The molecule has 0 aromatic rings. The van der Waals surface area contributed by atoms with Gasteiger partial charge >= 0.3 is 0 Å². The van der Waals surface area contributed by atoms with Crippen molar-refractivity contribution in [1.82, 2.24) is 5.32 Å². The molecular formula is C11H16N2O. The number of carbonyl (C=O) groups excluding carboxylic acids is 1. The SMILES string of the molecule is C=CCCNC(=O)C1(C#N)CCCC1. The third-order valence-electron chi connectivity index (χ3n) is 2.74. The van der Waals surface area contributed by atoms with Crippen molar-refractivity contribution in [3.8, 4) is 6.07 Å². The molecule has 0 aromatic carbocycles. The summed E-state index contributed by atoms with van der Waals surface area (Å²) in [6.07, 6.45) is 5.92. The van der Waals surface area contributed by atoms with Gasteiger partial charge in [-0.05, 0) is 19.3 Å². The Morgan fingerprint density at radius 3 is 2.71 bits per heavy atom. The molecule has 0 spiro atoms. The predicted octanol–water partition coefficient (Wildman–Crippen LogP) is 1.76. The van der Waals surface area contributed by atoms with Crippen LogP contribution in [-0.4, -0.2) is 12.5 Å². The quantitative estimate of drug-likeness (QED) is 0.545. The molecule has 1 N–H and O–H groups in total. The van der Waals surface area contributed by atoms with E-state index in [1.165, 1.54) is 0 Å². The van der Waals surface area contributed by atoms with E-state index >= 15 is 0 Å². The lowest BCUT2D eigenvalue weighted by molar-refractivity contribution is -0.127. The van der Waals surface area contributed by atoms with E-state index in [0.717, 1.165) is 19.3 Å². The van der Waals surface area contributed by atoms with Crippen LogP contribution in [0.4, 0.5) is 0 Å². The molecule has 3 heteroatoms. The highest BCUT2D eigenvalue weighted by Gasteiger charge is 2.41. The number of nitrogens with one attached hydrogen (secondary N) is 1. The number of amides is 1. The summed E-state index contributed by atoms with van der Waals surface area (Å²) in [5.74, 6) is -0.0978. The topological polar surface area (TPSA) is 52.9 Å². The maximum absolute atomic E-state index is 11.7. The minimum Gasteiger partial charge on any atom is -0.354 e. The zero-order valence-corrected chi connectivity index (χ0v) is 8.38. The van der Waals surface area contributed by atoms with E-state index in [0.29, 0.717) is 19.4 Å². The van der Waals surface area contributed by atoms with Gasteiger partial charge in [0, 0.05) is 6.54 Å². The van der Waals surface area contributed by atoms with Crippen LogP contribution in [0.5, 0.6) is 0 Å². The van der Waals surface area contributed by atoms with E-state index in [-0.39, 0.29) is 5.91 Å². The van der Waals surface area contributed by atoms with Crippen LogP contribution in [-0.2, 0) is 4.79 Å². The summed E-state index contributed by atoms with van der Waals surface area (Å²) in [5, 5.41) is 11.8. The molecule has 0 aliphatic heterocycles. The van der Waals surface area contributed by atoms with Gasteiger partial charge < -0.3 is 5.32 Å². The highest BCUT2D eigenvalue weighted by Crippen LogP contribution is 2.37. The molecule has 1 rings (SSSR count). The molecule has 3 nitrogen and oxygen atoms in total. The standard InChI is InChI=1S/C11H16N2O/c1-2-3-8-13-10(14)11(9-12)6-4-5-7-11/h2H,1,3-8H2,(H,13,14). The highest BCUT2D eigenvalue weighted by atomic mass is 16.2. The lowest BCUT2D eigenvalue weighted by Gasteiger charge is -2.18. The van der Waals surface area contributed by atoms with E-state index in [4.69, 9.17) is 5.26 Å². The van der Waals surface area contributed by atoms with Crippen LogP contribution in [0.25, 0.3) is 0 Å². The molecule has 1 amide bonds. The first-order valence-electron chi connectivity index (χ1n) is 5.05. The lowest BCUT2D eigenvalue weighted by Crippen LogP contribution is -2.38. The fourth-order valence-electron chi connectivity index (χ4n) is 1.83. The number of nitrogens with zero attached hydrogens (tertiary/aromatic N) is 1. The van der Waals surface area contributed by atoms with Crippen molar-refractivity contribution in [3.05, 3.63) is 12.7 Å². The maximum atomic E-state index is 11.7. The van der Waals surface area contributed by atoms with Crippen LogP contribution >= 0.6 is 0 Å². The number of carbonyl (C=O) groups is 1. The Balaban J connectivity index is 2.49. The second-order valence-electron chi connectivity index (χ2n) is 3.73. The van der Waals surface area contributed by atoms with Gasteiger partial charge in [0.25, 0.3) is 0 Å². The van der Waals surface area contributed by atoms with E-state index < -0.39 is 5.41 Å². The summed E-state index contributed by atoms with van der Waals surface area (Å²) in [6.45, 7) is 4.17. The first kappa shape index (κ1) is 10.8. The van der Waals surface area contributed by atoms with Crippen LogP contribution in [0, 0.1) is 16.7 Å². The summed E-state index contributed by atoms with van der Waals surface area (Å²) >= 11 is 0. The Kier molecular flexibility index (Phi) is 3.70. The molecule has 0 radical (unpaired) electrons. The van der Waals surface area contributed by atoms with Gasteiger partial charge in [0.15, 0.2) is 0 Å². The van der Waals surface area contributed by atoms with Crippen molar-refractivity contribution in [1.29, 1.82) is 5.26 Å². The Morgan fingerprint density at radius 1 is 1.57 bits per heavy atom. The van der Waals surface area contributed by atoms with Crippen molar-refractivity contribution in [2.24, 2.45) is 5.41 Å². The van der Waals surface area contributed by atoms with Gasteiger partial charge in [0.05, 0.1) is 6.07 Å². The zero-order chi connectivity index (χ0) is 10.4. The van der Waals surface area contributed by atoms with E-state index in [1.807, 2.05) is 0 Å². The van der Waals surface area contributed by atoms with Gasteiger partial charge in [-0.1, -0.05) is 18.9 Å². The highest BCUT2D eigenvalue weighted by molar-refractivity contribution is 5.85. The van der Waals surface area contributed by atoms with Gasteiger partial charge in [0.1, 0.15) is 5.41 Å². The summed E-state index contributed by atoms with van der Waals surface area (Å²) in [7, 11) is 0. The largest absolute Gasteiger partial charge is 0.354 e. The molecule has 0 aromatic heterocycles. The molecule has 76 valence electrons. The van der Waals surface area contributed by atoms with Crippen molar-refractivity contribution in [3.63, 3.8) is 0 Å². The minimum atomic E-state index is -0.735. The molecule has 0 bridgehead atoms. The molecular weight excluding hydrogens is 176 g/mol. The van der Waals surface area contributed by atoms with Crippen LogP contribution in [0.15, 0.2) is 12.7 Å². The van der Waals surface area contributed by atoms with Gasteiger partial charge in [-0.3, -0.25) is 4.79 Å². The second kappa shape index (κ2) is 4.80. The number of rotatable bonds is 4. The first-order valence-corrected chi connectivity index (χ1v) is 5.05. The third-order valence-corrected chi connectivity index (χ3v) is 2.74. The van der Waals surface area contributed by atoms with Crippen LogP contribution in [0.1, 0.15) is 32.1 Å². The lowest BCUT2D eigenvalue weighted by atomic mass is 9.87. The normalized spacial score (nSPS) is 18.5. The molecule has 0 atom stereocenters. The number of hydrogen-bond acceptors (Lipinski definition) is 2. The average molecular weight is 192 g/mol. The van der Waals surface area contributed by atoms with Gasteiger partial charge in [-0.2, -0.15) is 5.26 Å². The van der Waals surface area contributed by atoms with E-state index in [2.05, 4.69) is 18.0 Å². The van der Waals surface area contributed by atoms with Crippen molar-refractivity contribution in [2.75, 3.05) is 6.54 Å². The van der Waals surface area contributed by atoms with Crippen molar-refractivity contribution in [2.45, 2.75) is 32.1 Å². The van der Waals surface area contributed by atoms with Gasteiger partial charge in [0.2, 0.25) is 5.91 Å². The minimum absolute atomic E-state index is 0.0978. The summed E-state index contributed by atoms with van der Waals surface area (Å²) in [6, 6.07) is 2.17. The Morgan fingerprint density at radius 2 is 2.21 bits per heavy atom. The Hall–Kier alpha value is -1.30. The monoisotopic (exact) mass is 192 g/mol. The summed E-state index contributed by atoms with van der Waals surface area (Å²) in [5.41, 5.74) is -0.735. The smallest absolute Gasteiger partial charge is 0.240 e. The predicted molar refractivity (Wildman–Crippen MR) is 54.3 cm³/mol. The second-order valence-corrected chi connectivity index (χ2v) is 3.73. The van der Waals surface area contributed by atoms with Gasteiger partial charge in [-0.15, -0.1) is 6.58 Å². The first-order chi connectivity index (χ1) is 6.75. The Labute approximate surface area is 84.8 Å². The van der Waals surface area contributed by atoms with Crippen molar-refractivity contribution >= 4 is 5.91 Å². The molecule has 14 heavy (non-hydrogen) atoms. The molecule has 0 unspecified atom stereocenters. The van der Waals surface area contributed by atoms with E-state index in [1.54, 1.807) is 6.08 Å². The molecule has 0 heterocycles. The average Bonchev–Trinajstić information content (AvgIpc) is 2.67. The fraction of sp³-hybridized carbons (Fsp3) is 0.636. The number of hydrogen-bond donors (Lipinski definition) is 1.